The van der Waals surface area contributed by atoms with Crippen LogP contribution in [0.1, 0.15) is 85.5 Å². The van der Waals surface area contributed by atoms with Gasteiger partial charge in [-0.05, 0) is 56.8 Å². The van der Waals surface area contributed by atoms with Gasteiger partial charge in [0, 0.05) is 11.1 Å². The van der Waals surface area contributed by atoms with E-state index in [-0.39, 0.29) is 21.9 Å². The molecule has 2 saturated carbocycles. The molecule has 0 aromatic rings. The third-order valence-electron chi connectivity index (χ3n) is 6.89. The fourth-order valence-corrected chi connectivity index (χ4v) is 4.63. The van der Waals surface area contributed by atoms with Gasteiger partial charge in [0.1, 0.15) is 0 Å². The molecule has 0 heterocycles. The molecule has 19 heavy (non-hydrogen) atoms. The molecule has 0 bridgehead atoms. The van der Waals surface area contributed by atoms with E-state index in [1.54, 1.807) is 0 Å². The highest BCUT2D eigenvalue weighted by Crippen LogP contribution is 2.55. The van der Waals surface area contributed by atoms with Crippen LogP contribution in [-0.2, 0) is 0 Å². The summed E-state index contributed by atoms with van der Waals surface area (Å²) in [4.78, 5) is 0. The number of hydrogen-bond donors (Lipinski definition) is 2. The van der Waals surface area contributed by atoms with Gasteiger partial charge in [0.05, 0.1) is 0 Å². The standard InChI is InChI=1S/C17H34N2/c1-14(9-5-7-11-16(14,3)18)13-15(2)10-6-8-12-17(15,4)19/h5-13,18-19H2,1-4H3. The molecule has 2 rings (SSSR count). The largest absolute Gasteiger partial charge is 0.325 e. The van der Waals surface area contributed by atoms with Gasteiger partial charge in [0.15, 0.2) is 0 Å². The quantitative estimate of drug-likeness (QED) is 0.794. The summed E-state index contributed by atoms with van der Waals surface area (Å²) in [6.45, 7) is 9.38. The van der Waals surface area contributed by atoms with E-state index in [9.17, 15) is 0 Å². The summed E-state index contributed by atoms with van der Waals surface area (Å²) in [5.74, 6) is 0. The van der Waals surface area contributed by atoms with Crippen LogP contribution in [0.25, 0.3) is 0 Å². The lowest BCUT2D eigenvalue weighted by Crippen LogP contribution is -2.60. The van der Waals surface area contributed by atoms with Crippen molar-refractivity contribution in [1.82, 2.24) is 0 Å². The molecule has 4 unspecified atom stereocenters. The lowest BCUT2D eigenvalue weighted by Gasteiger charge is -2.57. The predicted molar refractivity (Wildman–Crippen MR) is 83.0 cm³/mol. The van der Waals surface area contributed by atoms with Gasteiger partial charge in [-0.25, -0.2) is 0 Å². The summed E-state index contributed by atoms with van der Waals surface area (Å²) in [7, 11) is 0. The Labute approximate surface area is 119 Å². The maximum atomic E-state index is 6.68. The van der Waals surface area contributed by atoms with E-state index in [0.717, 1.165) is 0 Å². The van der Waals surface area contributed by atoms with Crippen molar-refractivity contribution in [3.05, 3.63) is 0 Å². The van der Waals surface area contributed by atoms with E-state index in [1.165, 1.54) is 57.8 Å². The van der Waals surface area contributed by atoms with Crippen LogP contribution in [0.3, 0.4) is 0 Å². The lowest BCUT2D eigenvalue weighted by molar-refractivity contribution is -0.0159. The third kappa shape index (κ3) is 2.58. The third-order valence-corrected chi connectivity index (χ3v) is 6.89. The van der Waals surface area contributed by atoms with Crippen molar-refractivity contribution < 1.29 is 0 Å². The van der Waals surface area contributed by atoms with Crippen molar-refractivity contribution in [3.8, 4) is 0 Å². The Hall–Kier alpha value is -0.0800. The van der Waals surface area contributed by atoms with Crippen molar-refractivity contribution in [2.45, 2.75) is 96.6 Å². The van der Waals surface area contributed by atoms with Gasteiger partial charge >= 0.3 is 0 Å². The SMILES string of the molecule is CC1(N)CCCCC1(C)CC1(C)CCCCC1(C)N. The molecule has 2 heteroatoms. The van der Waals surface area contributed by atoms with E-state index < -0.39 is 0 Å². The first-order valence-corrected chi connectivity index (χ1v) is 8.20. The Bertz CT molecular complexity index is 302. The van der Waals surface area contributed by atoms with E-state index in [4.69, 9.17) is 11.5 Å². The second-order valence-electron chi connectivity index (χ2n) is 8.55. The maximum Gasteiger partial charge on any atom is 0.0180 e. The van der Waals surface area contributed by atoms with Gasteiger partial charge < -0.3 is 11.5 Å². The Balaban J connectivity index is 2.22. The van der Waals surface area contributed by atoms with E-state index in [0.29, 0.717) is 0 Å². The highest BCUT2D eigenvalue weighted by atomic mass is 14.8. The van der Waals surface area contributed by atoms with E-state index in [1.807, 2.05) is 0 Å². The Morgan fingerprint density at radius 2 is 0.947 bits per heavy atom. The summed E-state index contributed by atoms with van der Waals surface area (Å²) < 4.78 is 0. The molecular weight excluding hydrogens is 232 g/mol. The van der Waals surface area contributed by atoms with Crippen LogP contribution in [0.2, 0.25) is 0 Å². The number of hydrogen-bond acceptors (Lipinski definition) is 2. The topological polar surface area (TPSA) is 52.0 Å². The van der Waals surface area contributed by atoms with Crippen LogP contribution in [0.5, 0.6) is 0 Å². The van der Waals surface area contributed by atoms with Crippen molar-refractivity contribution in [3.63, 3.8) is 0 Å². The molecule has 0 aromatic carbocycles. The second kappa shape index (κ2) is 4.73. The van der Waals surface area contributed by atoms with Gasteiger partial charge in [-0.1, -0.05) is 39.5 Å². The Morgan fingerprint density at radius 3 is 1.26 bits per heavy atom. The summed E-state index contributed by atoms with van der Waals surface area (Å²) in [5, 5.41) is 0. The summed E-state index contributed by atoms with van der Waals surface area (Å²) in [5.41, 5.74) is 13.8. The van der Waals surface area contributed by atoms with Crippen LogP contribution in [0, 0.1) is 10.8 Å². The predicted octanol–water partition coefficient (Wildman–Crippen LogP) is 3.97. The van der Waals surface area contributed by atoms with Crippen LogP contribution in [-0.4, -0.2) is 11.1 Å². The van der Waals surface area contributed by atoms with Crippen LogP contribution < -0.4 is 11.5 Å². The monoisotopic (exact) mass is 266 g/mol. The Kier molecular flexibility index (Phi) is 3.81. The zero-order valence-electron chi connectivity index (χ0n) is 13.5. The molecule has 2 fully saturated rings. The lowest BCUT2D eigenvalue weighted by atomic mass is 9.51. The molecule has 112 valence electrons. The summed E-state index contributed by atoms with van der Waals surface area (Å²) in [6.07, 6.45) is 11.3. The zero-order valence-corrected chi connectivity index (χ0v) is 13.5. The average molecular weight is 266 g/mol. The molecule has 2 nitrogen and oxygen atoms in total. The minimum atomic E-state index is -0.0260. The second-order valence-corrected chi connectivity index (χ2v) is 8.55. The summed E-state index contributed by atoms with van der Waals surface area (Å²) in [6, 6.07) is 0. The average Bonchev–Trinajstić information content (AvgIpc) is 2.27. The van der Waals surface area contributed by atoms with Crippen LogP contribution in [0.15, 0.2) is 0 Å². The minimum absolute atomic E-state index is 0.0260. The van der Waals surface area contributed by atoms with E-state index >= 15 is 0 Å². The van der Waals surface area contributed by atoms with Gasteiger partial charge in [0.25, 0.3) is 0 Å². The van der Waals surface area contributed by atoms with Gasteiger partial charge in [-0.3, -0.25) is 0 Å². The van der Waals surface area contributed by atoms with Crippen molar-refractivity contribution in [1.29, 1.82) is 0 Å². The molecule has 0 aromatic heterocycles. The zero-order chi connectivity index (χ0) is 14.4. The molecule has 0 saturated heterocycles. The molecule has 0 aliphatic heterocycles. The molecule has 0 amide bonds. The highest BCUT2D eigenvalue weighted by Gasteiger charge is 2.52. The highest BCUT2D eigenvalue weighted by molar-refractivity contribution is 5.08. The van der Waals surface area contributed by atoms with Gasteiger partial charge in [-0.2, -0.15) is 0 Å². The van der Waals surface area contributed by atoms with Crippen molar-refractivity contribution >= 4 is 0 Å². The molecule has 4 atom stereocenters. The van der Waals surface area contributed by atoms with E-state index in [2.05, 4.69) is 27.7 Å². The van der Waals surface area contributed by atoms with Crippen LogP contribution in [0.4, 0.5) is 0 Å². The fourth-order valence-electron chi connectivity index (χ4n) is 4.63. The first-order valence-electron chi connectivity index (χ1n) is 8.20. The molecule has 0 radical (unpaired) electrons. The molecule has 2 aliphatic carbocycles. The fraction of sp³-hybridized carbons (Fsp3) is 1.00. The first-order chi connectivity index (χ1) is 8.62. The van der Waals surface area contributed by atoms with Crippen molar-refractivity contribution in [2.75, 3.05) is 0 Å². The smallest absolute Gasteiger partial charge is 0.0180 e. The first kappa shape index (κ1) is 15.3. The molecular formula is C17H34N2. The normalized spacial score (nSPS) is 52.1. The molecule has 4 N–H and O–H groups in total. The minimum Gasteiger partial charge on any atom is -0.325 e. The maximum absolute atomic E-state index is 6.68. The number of nitrogens with two attached hydrogens (primary N) is 2. The molecule has 2 aliphatic rings. The van der Waals surface area contributed by atoms with Crippen LogP contribution >= 0.6 is 0 Å². The van der Waals surface area contributed by atoms with Crippen molar-refractivity contribution in [2.24, 2.45) is 22.3 Å². The summed E-state index contributed by atoms with van der Waals surface area (Å²) >= 11 is 0. The number of rotatable bonds is 2. The Morgan fingerprint density at radius 1 is 0.632 bits per heavy atom. The van der Waals surface area contributed by atoms with Gasteiger partial charge in [-0.15, -0.1) is 0 Å². The van der Waals surface area contributed by atoms with Gasteiger partial charge in [0.2, 0.25) is 0 Å². The molecule has 0 spiro atoms.